The minimum absolute atomic E-state index is 0.0871. The van der Waals surface area contributed by atoms with Gasteiger partial charge in [0.15, 0.2) is 5.78 Å². The maximum atomic E-state index is 13.2. The molecule has 0 radical (unpaired) electrons. The smallest absolute Gasteiger partial charge is 0.167 e. The number of hydrogen-bond acceptors (Lipinski definition) is 3. The van der Waals surface area contributed by atoms with Crippen LogP contribution in [0, 0.1) is 5.82 Å². The van der Waals surface area contributed by atoms with Crippen molar-refractivity contribution in [3.05, 3.63) is 35.6 Å². The van der Waals surface area contributed by atoms with E-state index in [0.717, 1.165) is 0 Å². The van der Waals surface area contributed by atoms with Crippen LogP contribution in [0.3, 0.4) is 0 Å². The number of rotatable bonds is 5. The summed E-state index contributed by atoms with van der Waals surface area (Å²) in [6.07, 6.45) is 0.0920. The molecule has 0 saturated heterocycles. The van der Waals surface area contributed by atoms with Crippen molar-refractivity contribution < 1.29 is 13.9 Å². The number of halogens is 1. The summed E-state index contributed by atoms with van der Waals surface area (Å²) in [5, 5.41) is 0. The Morgan fingerprint density at radius 1 is 1.53 bits per heavy atom. The van der Waals surface area contributed by atoms with E-state index in [-0.39, 0.29) is 23.8 Å². The van der Waals surface area contributed by atoms with Gasteiger partial charge in [-0.25, -0.2) is 4.39 Å². The Hall–Kier alpha value is -1.26. The van der Waals surface area contributed by atoms with Crippen LogP contribution in [-0.4, -0.2) is 25.5 Å². The van der Waals surface area contributed by atoms with Crippen LogP contribution in [0.25, 0.3) is 0 Å². The summed E-state index contributed by atoms with van der Waals surface area (Å²) in [4.78, 5) is 11.6. The Labute approximate surface area is 88.0 Å². The molecule has 1 unspecified atom stereocenters. The largest absolute Gasteiger partial charge is 0.383 e. The summed E-state index contributed by atoms with van der Waals surface area (Å²) in [7, 11) is 1.51. The van der Waals surface area contributed by atoms with Gasteiger partial charge in [-0.1, -0.05) is 12.1 Å². The molecule has 1 aromatic carbocycles. The number of benzene rings is 1. The second kappa shape index (κ2) is 5.58. The van der Waals surface area contributed by atoms with Crippen molar-refractivity contribution in [3.8, 4) is 0 Å². The van der Waals surface area contributed by atoms with E-state index in [4.69, 9.17) is 10.5 Å². The van der Waals surface area contributed by atoms with Gasteiger partial charge in [0.25, 0.3) is 0 Å². The lowest BCUT2D eigenvalue weighted by Gasteiger charge is -2.09. The summed E-state index contributed by atoms with van der Waals surface area (Å²) >= 11 is 0. The lowest BCUT2D eigenvalue weighted by Crippen LogP contribution is -2.28. The topological polar surface area (TPSA) is 52.3 Å². The number of carbonyl (C=O) groups is 1. The van der Waals surface area contributed by atoms with E-state index >= 15 is 0 Å². The Morgan fingerprint density at radius 3 is 2.80 bits per heavy atom. The zero-order valence-electron chi connectivity index (χ0n) is 8.57. The fourth-order valence-corrected chi connectivity index (χ4v) is 1.31. The van der Waals surface area contributed by atoms with Crippen molar-refractivity contribution >= 4 is 5.78 Å². The molecule has 0 aliphatic rings. The highest BCUT2D eigenvalue weighted by atomic mass is 19.1. The molecule has 0 spiro atoms. The number of methoxy groups -OCH3 is 1. The predicted octanol–water partition coefficient (Wildman–Crippen LogP) is 1.37. The molecule has 4 heteroatoms. The molecule has 1 atom stereocenters. The van der Waals surface area contributed by atoms with E-state index in [2.05, 4.69) is 0 Å². The van der Waals surface area contributed by atoms with Gasteiger partial charge in [-0.3, -0.25) is 4.79 Å². The van der Waals surface area contributed by atoms with Crippen molar-refractivity contribution in [1.29, 1.82) is 0 Å². The normalized spacial score (nSPS) is 12.5. The van der Waals surface area contributed by atoms with Crippen LogP contribution in [-0.2, 0) is 4.74 Å². The van der Waals surface area contributed by atoms with E-state index in [0.29, 0.717) is 6.61 Å². The number of carbonyl (C=O) groups excluding carboxylic acids is 1. The second-order valence-electron chi connectivity index (χ2n) is 3.32. The molecule has 0 heterocycles. The molecule has 0 aliphatic carbocycles. The van der Waals surface area contributed by atoms with Crippen LogP contribution in [0.1, 0.15) is 16.8 Å². The molecule has 82 valence electrons. The quantitative estimate of drug-likeness (QED) is 0.748. The average Bonchev–Trinajstić information content (AvgIpc) is 2.18. The second-order valence-corrected chi connectivity index (χ2v) is 3.32. The molecule has 0 bridgehead atoms. The van der Waals surface area contributed by atoms with Crippen LogP contribution >= 0.6 is 0 Å². The average molecular weight is 211 g/mol. The molecule has 0 aromatic heterocycles. The fourth-order valence-electron chi connectivity index (χ4n) is 1.31. The Kier molecular flexibility index (Phi) is 4.39. The van der Waals surface area contributed by atoms with Crippen LogP contribution in [0.4, 0.5) is 4.39 Å². The Bertz CT molecular complexity index is 341. The van der Waals surface area contributed by atoms with Crippen molar-refractivity contribution in [2.75, 3.05) is 13.7 Å². The first kappa shape index (κ1) is 11.8. The van der Waals surface area contributed by atoms with Crippen LogP contribution in [0.15, 0.2) is 24.3 Å². The fraction of sp³-hybridized carbons (Fsp3) is 0.364. The first-order valence-corrected chi connectivity index (χ1v) is 4.67. The summed E-state index contributed by atoms with van der Waals surface area (Å²) in [5.74, 6) is -0.801. The van der Waals surface area contributed by atoms with Gasteiger partial charge >= 0.3 is 0 Å². The molecule has 1 aromatic rings. The molecular formula is C11H14FNO2. The van der Waals surface area contributed by atoms with E-state index in [1.807, 2.05) is 0 Å². The minimum Gasteiger partial charge on any atom is -0.383 e. The number of ether oxygens (including phenoxy) is 1. The van der Waals surface area contributed by atoms with E-state index in [1.54, 1.807) is 12.1 Å². The van der Waals surface area contributed by atoms with Gasteiger partial charge in [-0.2, -0.15) is 0 Å². The van der Waals surface area contributed by atoms with Gasteiger partial charge in [0.2, 0.25) is 0 Å². The first-order valence-electron chi connectivity index (χ1n) is 4.67. The standard InChI is InChI=1S/C11H14FNO2/c1-15-7-8(13)6-11(14)9-4-2-3-5-10(9)12/h2-5,8H,6-7,13H2,1H3. The van der Waals surface area contributed by atoms with E-state index in [9.17, 15) is 9.18 Å². The maximum absolute atomic E-state index is 13.2. The molecule has 0 aliphatic heterocycles. The van der Waals surface area contributed by atoms with Crippen LogP contribution < -0.4 is 5.73 Å². The molecule has 15 heavy (non-hydrogen) atoms. The predicted molar refractivity (Wildman–Crippen MR) is 55.2 cm³/mol. The Balaban J connectivity index is 2.65. The summed E-state index contributed by atoms with van der Waals surface area (Å²) in [6, 6.07) is 5.49. The number of nitrogens with two attached hydrogens (primary N) is 1. The zero-order valence-corrected chi connectivity index (χ0v) is 8.57. The maximum Gasteiger partial charge on any atom is 0.167 e. The monoisotopic (exact) mass is 211 g/mol. The van der Waals surface area contributed by atoms with E-state index in [1.165, 1.54) is 19.2 Å². The number of ketones is 1. The third kappa shape index (κ3) is 3.42. The van der Waals surface area contributed by atoms with Crippen molar-refractivity contribution in [3.63, 3.8) is 0 Å². The summed E-state index contributed by atoms with van der Waals surface area (Å²) in [5.41, 5.74) is 5.69. The molecule has 0 fully saturated rings. The highest BCUT2D eigenvalue weighted by Crippen LogP contribution is 2.10. The van der Waals surface area contributed by atoms with Gasteiger partial charge in [-0.05, 0) is 12.1 Å². The SMILES string of the molecule is COCC(N)CC(=O)c1ccccc1F. The van der Waals surface area contributed by atoms with Crippen LogP contribution in [0.2, 0.25) is 0 Å². The summed E-state index contributed by atoms with van der Waals surface area (Å²) in [6.45, 7) is 0.292. The first-order chi connectivity index (χ1) is 7.15. The summed E-state index contributed by atoms with van der Waals surface area (Å²) < 4.78 is 18.0. The lowest BCUT2D eigenvalue weighted by molar-refractivity contribution is 0.0945. The van der Waals surface area contributed by atoms with Gasteiger partial charge in [0.05, 0.1) is 12.2 Å². The molecule has 3 nitrogen and oxygen atoms in total. The third-order valence-electron chi connectivity index (χ3n) is 2.00. The van der Waals surface area contributed by atoms with Crippen LogP contribution in [0.5, 0.6) is 0 Å². The molecule has 0 saturated carbocycles. The lowest BCUT2D eigenvalue weighted by atomic mass is 10.0. The van der Waals surface area contributed by atoms with Crippen molar-refractivity contribution in [2.45, 2.75) is 12.5 Å². The van der Waals surface area contributed by atoms with E-state index < -0.39 is 5.82 Å². The number of Topliss-reactive ketones (excluding diaryl/α,β-unsaturated/α-hetero) is 1. The third-order valence-corrected chi connectivity index (χ3v) is 2.00. The van der Waals surface area contributed by atoms with Gasteiger partial charge in [-0.15, -0.1) is 0 Å². The Morgan fingerprint density at radius 2 is 2.20 bits per heavy atom. The number of hydrogen-bond donors (Lipinski definition) is 1. The minimum atomic E-state index is -0.507. The highest BCUT2D eigenvalue weighted by Gasteiger charge is 2.14. The highest BCUT2D eigenvalue weighted by molar-refractivity contribution is 5.96. The van der Waals surface area contributed by atoms with Crippen molar-refractivity contribution in [1.82, 2.24) is 0 Å². The van der Waals surface area contributed by atoms with Gasteiger partial charge < -0.3 is 10.5 Å². The van der Waals surface area contributed by atoms with Crippen molar-refractivity contribution in [2.24, 2.45) is 5.73 Å². The molecular weight excluding hydrogens is 197 g/mol. The molecule has 2 N–H and O–H groups in total. The van der Waals surface area contributed by atoms with Gasteiger partial charge in [0, 0.05) is 19.6 Å². The zero-order chi connectivity index (χ0) is 11.3. The van der Waals surface area contributed by atoms with Gasteiger partial charge in [0.1, 0.15) is 5.82 Å². The molecule has 1 rings (SSSR count). The molecule has 0 amide bonds.